The van der Waals surface area contributed by atoms with Crippen LogP contribution in [0.15, 0.2) is 48.7 Å². The van der Waals surface area contributed by atoms with Gasteiger partial charge in [0.25, 0.3) is 0 Å². The van der Waals surface area contributed by atoms with Crippen LogP contribution in [0, 0.1) is 12.8 Å². The number of rotatable bonds is 8. The minimum atomic E-state index is -0.0437. The first-order valence-electron chi connectivity index (χ1n) is 11.2. The van der Waals surface area contributed by atoms with Gasteiger partial charge in [0.15, 0.2) is 17.4 Å². The molecule has 0 spiro atoms. The average molecular weight is 459 g/mol. The zero-order chi connectivity index (χ0) is 23.7. The van der Waals surface area contributed by atoms with Crippen LogP contribution in [0.5, 0.6) is 11.5 Å². The number of methoxy groups -OCH3 is 1. The van der Waals surface area contributed by atoms with Gasteiger partial charge in [-0.15, -0.1) is 0 Å². The lowest BCUT2D eigenvalue weighted by Crippen LogP contribution is -2.14. The maximum absolute atomic E-state index is 12.7. The van der Waals surface area contributed by atoms with E-state index >= 15 is 0 Å². The standard InChI is InChI=1S/C25H26N6O3/c1-4-34-22-13-26-14(2)27-24(22)29-23-18-10-5-15(11-21(18)30-31-23)19-12-20(19)25(32)28-16-6-8-17(33-3)9-7-16/h5-11,13,19-20H,4,12H2,1-3H3,(H,28,32)(H2,26,27,29,30,31)/t19-,20+/m0/s1. The number of aromatic amines is 1. The summed E-state index contributed by atoms with van der Waals surface area (Å²) in [6.07, 6.45) is 2.48. The molecule has 1 aliphatic rings. The first-order chi connectivity index (χ1) is 16.6. The number of hydrogen-bond acceptors (Lipinski definition) is 7. The van der Waals surface area contributed by atoms with Crippen molar-refractivity contribution < 1.29 is 14.3 Å². The molecule has 1 saturated carbocycles. The summed E-state index contributed by atoms with van der Waals surface area (Å²) in [5.41, 5.74) is 2.78. The number of aromatic nitrogens is 4. The molecule has 2 atom stereocenters. The van der Waals surface area contributed by atoms with Gasteiger partial charge in [0.05, 0.1) is 25.4 Å². The lowest BCUT2D eigenvalue weighted by atomic mass is 10.1. The van der Waals surface area contributed by atoms with E-state index in [1.807, 2.05) is 44.2 Å². The Morgan fingerprint density at radius 2 is 2.00 bits per heavy atom. The second kappa shape index (κ2) is 9.01. The molecule has 2 aromatic heterocycles. The van der Waals surface area contributed by atoms with Gasteiger partial charge in [0, 0.05) is 17.0 Å². The second-order valence-electron chi connectivity index (χ2n) is 8.23. The normalized spacial score (nSPS) is 16.8. The summed E-state index contributed by atoms with van der Waals surface area (Å²) in [4.78, 5) is 21.4. The highest BCUT2D eigenvalue weighted by Gasteiger charge is 2.44. The van der Waals surface area contributed by atoms with E-state index in [4.69, 9.17) is 9.47 Å². The van der Waals surface area contributed by atoms with Gasteiger partial charge >= 0.3 is 0 Å². The molecule has 9 nitrogen and oxygen atoms in total. The molecule has 0 unspecified atom stereocenters. The summed E-state index contributed by atoms with van der Waals surface area (Å²) in [5.74, 6) is 3.38. The van der Waals surface area contributed by atoms with Crippen molar-refractivity contribution in [2.75, 3.05) is 24.4 Å². The number of carbonyl (C=O) groups is 1. The molecule has 0 saturated heterocycles. The van der Waals surface area contributed by atoms with Crippen LogP contribution in [0.1, 0.15) is 30.7 Å². The van der Waals surface area contributed by atoms with Gasteiger partial charge in [-0.25, -0.2) is 9.97 Å². The molecule has 5 rings (SSSR count). The fourth-order valence-corrected chi connectivity index (χ4v) is 4.05. The van der Waals surface area contributed by atoms with Crippen LogP contribution >= 0.6 is 0 Å². The fourth-order valence-electron chi connectivity index (χ4n) is 4.05. The molecule has 2 heterocycles. The Bertz CT molecular complexity index is 1330. The number of anilines is 3. The topological polar surface area (TPSA) is 114 Å². The Morgan fingerprint density at radius 3 is 2.76 bits per heavy atom. The molecule has 174 valence electrons. The summed E-state index contributed by atoms with van der Waals surface area (Å²) < 4.78 is 10.8. The maximum atomic E-state index is 12.7. The van der Waals surface area contributed by atoms with Crippen LogP contribution in [0.2, 0.25) is 0 Å². The molecule has 4 aromatic rings. The first kappa shape index (κ1) is 21.7. The summed E-state index contributed by atoms with van der Waals surface area (Å²) in [7, 11) is 1.62. The minimum Gasteiger partial charge on any atom is -0.497 e. The molecular weight excluding hydrogens is 432 g/mol. The first-order valence-corrected chi connectivity index (χ1v) is 11.2. The number of benzene rings is 2. The van der Waals surface area contributed by atoms with Crippen LogP contribution in [0.3, 0.4) is 0 Å². The average Bonchev–Trinajstić information content (AvgIpc) is 3.56. The van der Waals surface area contributed by atoms with Crippen LogP contribution in [0.4, 0.5) is 17.3 Å². The molecule has 0 radical (unpaired) electrons. The Hall–Kier alpha value is -4.14. The SMILES string of the molecule is CCOc1cnc(C)nc1Nc1n[nH]c2cc([C@@H]3C[C@H]3C(=O)Nc3ccc(OC)cc3)ccc12. The van der Waals surface area contributed by atoms with E-state index in [0.29, 0.717) is 29.8 Å². The Kier molecular flexibility index (Phi) is 5.75. The smallest absolute Gasteiger partial charge is 0.228 e. The van der Waals surface area contributed by atoms with Gasteiger partial charge in [-0.1, -0.05) is 6.07 Å². The number of ether oxygens (including phenoxy) is 2. The van der Waals surface area contributed by atoms with Crippen molar-refractivity contribution in [1.82, 2.24) is 20.2 Å². The van der Waals surface area contributed by atoms with E-state index in [-0.39, 0.29) is 17.7 Å². The van der Waals surface area contributed by atoms with E-state index in [0.717, 1.165) is 34.3 Å². The number of nitrogens with one attached hydrogen (secondary N) is 3. The van der Waals surface area contributed by atoms with Gasteiger partial charge < -0.3 is 20.1 Å². The number of nitrogens with zero attached hydrogens (tertiary/aromatic N) is 3. The Morgan fingerprint density at radius 1 is 1.18 bits per heavy atom. The van der Waals surface area contributed by atoms with E-state index < -0.39 is 0 Å². The number of aryl methyl sites for hydroxylation is 1. The zero-order valence-electron chi connectivity index (χ0n) is 19.3. The number of H-pyrrole nitrogens is 1. The summed E-state index contributed by atoms with van der Waals surface area (Å²) in [6, 6.07) is 13.5. The molecule has 1 amide bonds. The van der Waals surface area contributed by atoms with Crippen molar-refractivity contribution in [1.29, 1.82) is 0 Å². The highest BCUT2D eigenvalue weighted by molar-refractivity contribution is 5.96. The molecule has 9 heteroatoms. The van der Waals surface area contributed by atoms with E-state index in [1.54, 1.807) is 13.3 Å². The fraction of sp³-hybridized carbons (Fsp3) is 0.280. The predicted octanol–water partition coefficient (Wildman–Crippen LogP) is 4.55. The van der Waals surface area contributed by atoms with Gasteiger partial charge in [0.2, 0.25) is 5.91 Å². The maximum Gasteiger partial charge on any atom is 0.228 e. The summed E-state index contributed by atoms with van der Waals surface area (Å²) in [6.45, 7) is 4.25. The molecule has 1 aliphatic carbocycles. The third kappa shape index (κ3) is 4.36. The van der Waals surface area contributed by atoms with Crippen molar-refractivity contribution in [3.63, 3.8) is 0 Å². The quantitative estimate of drug-likeness (QED) is 0.355. The van der Waals surface area contributed by atoms with E-state index in [9.17, 15) is 4.79 Å². The molecule has 2 aromatic carbocycles. The van der Waals surface area contributed by atoms with Crippen molar-refractivity contribution in [3.8, 4) is 11.5 Å². The van der Waals surface area contributed by atoms with Gasteiger partial charge in [0.1, 0.15) is 11.6 Å². The predicted molar refractivity (Wildman–Crippen MR) is 130 cm³/mol. The molecule has 0 bridgehead atoms. The lowest BCUT2D eigenvalue weighted by Gasteiger charge is -2.10. The molecular formula is C25H26N6O3. The van der Waals surface area contributed by atoms with Gasteiger partial charge in [-0.3, -0.25) is 9.89 Å². The van der Waals surface area contributed by atoms with E-state index in [1.165, 1.54) is 0 Å². The summed E-state index contributed by atoms with van der Waals surface area (Å²) in [5, 5.41) is 14.7. The van der Waals surface area contributed by atoms with Crippen LogP contribution < -0.4 is 20.1 Å². The van der Waals surface area contributed by atoms with Crippen molar-refractivity contribution in [2.45, 2.75) is 26.2 Å². The van der Waals surface area contributed by atoms with Gasteiger partial charge in [-0.2, -0.15) is 5.10 Å². The zero-order valence-corrected chi connectivity index (χ0v) is 19.3. The molecule has 3 N–H and O–H groups in total. The minimum absolute atomic E-state index is 0.0322. The third-order valence-corrected chi connectivity index (χ3v) is 5.91. The lowest BCUT2D eigenvalue weighted by molar-refractivity contribution is -0.117. The number of carbonyl (C=O) groups excluding carboxylic acids is 1. The monoisotopic (exact) mass is 458 g/mol. The third-order valence-electron chi connectivity index (χ3n) is 5.91. The van der Waals surface area contributed by atoms with Crippen LogP contribution in [-0.2, 0) is 4.79 Å². The Balaban J connectivity index is 1.29. The van der Waals surface area contributed by atoms with Crippen molar-refractivity contribution in [2.24, 2.45) is 5.92 Å². The Labute approximate surface area is 196 Å². The van der Waals surface area contributed by atoms with Crippen LogP contribution in [-0.4, -0.2) is 39.8 Å². The number of hydrogen-bond donors (Lipinski definition) is 3. The highest BCUT2D eigenvalue weighted by Crippen LogP contribution is 2.48. The number of amides is 1. The van der Waals surface area contributed by atoms with Crippen molar-refractivity contribution in [3.05, 3.63) is 60.0 Å². The molecule has 34 heavy (non-hydrogen) atoms. The van der Waals surface area contributed by atoms with Gasteiger partial charge in [-0.05, 0) is 68.1 Å². The van der Waals surface area contributed by atoms with E-state index in [2.05, 4.69) is 42.9 Å². The largest absolute Gasteiger partial charge is 0.497 e. The second-order valence-corrected chi connectivity index (χ2v) is 8.23. The number of fused-ring (bicyclic) bond motifs is 1. The summed E-state index contributed by atoms with van der Waals surface area (Å²) >= 11 is 0. The molecule has 1 fully saturated rings. The van der Waals surface area contributed by atoms with Crippen LogP contribution in [0.25, 0.3) is 10.9 Å². The highest BCUT2D eigenvalue weighted by atomic mass is 16.5. The van der Waals surface area contributed by atoms with Crippen molar-refractivity contribution >= 4 is 34.1 Å². The molecule has 0 aliphatic heterocycles.